The Morgan fingerprint density at radius 3 is 2.48 bits per heavy atom. The molecule has 0 spiro atoms. The van der Waals surface area contributed by atoms with E-state index in [1.807, 2.05) is 6.08 Å². The van der Waals surface area contributed by atoms with Crippen molar-refractivity contribution in [3.63, 3.8) is 0 Å². The predicted molar refractivity (Wildman–Crippen MR) is 135 cm³/mol. The molecule has 170 valence electrons. The second kappa shape index (κ2) is 8.99. The number of hydrogen-bond acceptors (Lipinski definition) is 3. The zero-order valence-corrected chi connectivity index (χ0v) is 19.5. The summed E-state index contributed by atoms with van der Waals surface area (Å²) in [5, 5.41) is 11.7. The molecule has 2 fully saturated rings. The minimum Gasteiger partial charge on any atom is -0.351 e. The first-order valence-corrected chi connectivity index (χ1v) is 12.0. The number of nitrogens with one attached hydrogen (secondary N) is 2. The molecule has 0 bridgehead atoms. The molecule has 0 atom stereocenters. The average molecular weight is 441 g/mol. The Kier molecular flexibility index (Phi) is 5.90. The summed E-state index contributed by atoms with van der Waals surface area (Å²) in [7, 11) is 0. The highest BCUT2D eigenvalue weighted by atomic mass is 16.2. The highest BCUT2D eigenvalue weighted by Crippen LogP contribution is 2.32. The zero-order valence-electron chi connectivity index (χ0n) is 19.5. The third-order valence-corrected chi connectivity index (χ3v) is 6.86. The summed E-state index contributed by atoms with van der Waals surface area (Å²) in [6, 6.07) is 15.0. The molecule has 5 heteroatoms. The van der Waals surface area contributed by atoms with Gasteiger partial charge in [-0.3, -0.25) is 14.8 Å². The van der Waals surface area contributed by atoms with Crippen molar-refractivity contribution in [2.24, 2.45) is 5.41 Å². The maximum absolute atomic E-state index is 12.2. The minimum atomic E-state index is -0.156. The quantitative estimate of drug-likeness (QED) is 0.532. The van der Waals surface area contributed by atoms with Gasteiger partial charge >= 0.3 is 0 Å². The van der Waals surface area contributed by atoms with Crippen LogP contribution in [0.2, 0.25) is 0 Å². The number of fused-ring (bicyclic) bond motifs is 1. The van der Waals surface area contributed by atoms with Crippen LogP contribution in [-0.4, -0.2) is 40.6 Å². The fraction of sp³-hybridized carbons (Fsp3) is 0.357. The molecule has 0 unspecified atom stereocenters. The Balaban J connectivity index is 1.30. The van der Waals surface area contributed by atoms with Crippen LogP contribution in [0, 0.1) is 5.41 Å². The molecule has 5 rings (SSSR count). The molecule has 3 heterocycles. The van der Waals surface area contributed by atoms with Gasteiger partial charge in [-0.25, -0.2) is 0 Å². The second-order valence-corrected chi connectivity index (χ2v) is 9.95. The Morgan fingerprint density at radius 1 is 1.00 bits per heavy atom. The lowest BCUT2D eigenvalue weighted by atomic mass is 9.86. The van der Waals surface area contributed by atoms with Crippen molar-refractivity contribution >= 4 is 35.0 Å². The lowest BCUT2D eigenvalue weighted by molar-refractivity contribution is -0.116. The molecule has 3 aromatic rings. The van der Waals surface area contributed by atoms with Gasteiger partial charge in [-0.1, -0.05) is 56.7 Å². The van der Waals surface area contributed by atoms with Crippen molar-refractivity contribution in [1.29, 1.82) is 0 Å². The van der Waals surface area contributed by atoms with E-state index in [9.17, 15) is 4.79 Å². The van der Waals surface area contributed by atoms with E-state index in [1.54, 1.807) is 0 Å². The molecular formula is C28H32N4O. The van der Waals surface area contributed by atoms with Crippen LogP contribution in [0.15, 0.2) is 48.0 Å². The number of piperidine rings is 1. The smallest absolute Gasteiger partial charge is 0.247 e. The molecule has 2 aliphatic heterocycles. The van der Waals surface area contributed by atoms with E-state index in [0.717, 1.165) is 34.3 Å². The van der Waals surface area contributed by atoms with Gasteiger partial charge < -0.3 is 5.32 Å². The van der Waals surface area contributed by atoms with E-state index in [-0.39, 0.29) is 11.3 Å². The molecule has 0 radical (unpaired) electrons. The van der Waals surface area contributed by atoms with Gasteiger partial charge in [0.05, 0.1) is 11.2 Å². The number of carbonyl (C=O) groups excluding carboxylic acids is 1. The first kappa shape index (κ1) is 21.7. The summed E-state index contributed by atoms with van der Waals surface area (Å²) in [6.45, 7) is 8.35. The standard InChI is InChI=1S/C28H32N4O/c1-28(2)19-29-27(33)24(28)16-22-10-12-23-25(30-31-26(23)17-22)13-11-20-6-8-21(9-7-20)18-32-14-4-3-5-15-32/h6-13,16-17H,3-5,14-15,18-19H2,1-2H3,(H,29,33)(H,30,31)/b13-11+,24-16-. The number of carbonyl (C=O) groups is 1. The van der Waals surface area contributed by atoms with E-state index >= 15 is 0 Å². The fourth-order valence-electron chi connectivity index (χ4n) is 4.79. The molecule has 1 amide bonds. The van der Waals surface area contributed by atoms with Gasteiger partial charge in [-0.05, 0) is 66.9 Å². The molecular weight excluding hydrogens is 408 g/mol. The number of aromatic nitrogens is 2. The van der Waals surface area contributed by atoms with Crippen molar-refractivity contribution in [3.05, 3.63) is 70.4 Å². The molecule has 5 nitrogen and oxygen atoms in total. The van der Waals surface area contributed by atoms with Gasteiger partial charge in [0.1, 0.15) is 0 Å². The summed E-state index contributed by atoms with van der Waals surface area (Å²) in [6.07, 6.45) is 10.2. The largest absolute Gasteiger partial charge is 0.351 e. The number of nitrogens with zero attached hydrogens (tertiary/aromatic N) is 2. The molecule has 2 saturated heterocycles. The van der Waals surface area contributed by atoms with Gasteiger partial charge in [0.2, 0.25) is 5.91 Å². The van der Waals surface area contributed by atoms with Crippen molar-refractivity contribution in [2.75, 3.05) is 19.6 Å². The van der Waals surface area contributed by atoms with Crippen molar-refractivity contribution in [2.45, 2.75) is 39.7 Å². The molecule has 0 aliphatic carbocycles. The first-order chi connectivity index (χ1) is 16.0. The average Bonchev–Trinajstić information content (AvgIpc) is 3.34. The van der Waals surface area contributed by atoms with Gasteiger partial charge in [0.15, 0.2) is 0 Å². The normalized spacial score (nSPS) is 20.2. The highest BCUT2D eigenvalue weighted by molar-refractivity contribution is 6.02. The number of amides is 1. The van der Waals surface area contributed by atoms with Gasteiger partial charge in [-0.15, -0.1) is 0 Å². The fourth-order valence-corrected chi connectivity index (χ4v) is 4.79. The van der Waals surface area contributed by atoms with Crippen molar-refractivity contribution in [1.82, 2.24) is 20.4 Å². The van der Waals surface area contributed by atoms with Crippen LogP contribution < -0.4 is 5.32 Å². The SMILES string of the molecule is CC1(C)CNC(=O)/C1=C/c1ccc2c(/C=C/c3ccc(CN4CCCCC4)cc3)n[nH]c2c1. The maximum atomic E-state index is 12.2. The third kappa shape index (κ3) is 4.79. The monoisotopic (exact) mass is 440 g/mol. The molecule has 2 aliphatic rings. The van der Waals surface area contributed by atoms with Crippen LogP contribution in [0.3, 0.4) is 0 Å². The van der Waals surface area contributed by atoms with Crippen LogP contribution >= 0.6 is 0 Å². The number of aromatic amines is 1. The van der Waals surface area contributed by atoms with Crippen LogP contribution in [-0.2, 0) is 11.3 Å². The Bertz CT molecular complexity index is 1210. The molecule has 0 saturated carbocycles. The zero-order chi connectivity index (χ0) is 22.8. The second-order valence-electron chi connectivity index (χ2n) is 9.95. The third-order valence-electron chi connectivity index (χ3n) is 6.86. The summed E-state index contributed by atoms with van der Waals surface area (Å²) < 4.78 is 0. The van der Waals surface area contributed by atoms with E-state index in [0.29, 0.717) is 6.54 Å². The summed E-state index contributed by atoms with van der Waals surface area (Å²) in [4.78, 5) is 14.7. The van der Waals surface area contributed by atoms with E-state index in [4.69, 9.17) is 0 Å². The van der Waals surface area contributed by atoms with E-state index < -0.39 is 0 Å². The van der Waals surface area contributed by atoms with Crippen LogP contribution in [0.4, 0.5) is 0 Å². The van der Waals surface area contributed by atoms with E-state index in [2.05, 4.69) is 88.9 Å². The predicted octanol–water partition coefficient (Wildman–Crippen LogP) is 5.26. The number of benzene rings is 2. The number of likely N-dealkylation sites (tertiary alicyclic amines) is 1. The summed E-state index contributed by atoms with van der Waals surface area (Å²) in [5.74, 6) is 0.0234. The lowest BCUT2D eigenvalue weighted by Crippen LogP contribution is -2.28. The van der Waals surface area contributed by atoms with Gasteiger partial charge in [0.25, 0.3) is 0 Å². The number of H-pyrrole nitrogens is 1. The van der Waals surface area contributed by atoms with Crippen LogP contribution in [0.5, 0.6) is 0 Å². The number of rotatable bonds is 5. The molecule has 33 heavy (non-hydrogen) atoms. The topological polar surface area (TPSA) is 61.0 Å². The van der Waals surface area contributed by atoms with Crippen molar-refractivity contribution in [3.8, 4) is 0 Å². The summed E-state index contributed by atoms with van der Waals surface area (Å²) >= 11 is 0. The van der Waals surface area contributed by atoms with E-state index in [1.165, 1.54) is 43.5 Å². The van der Waals surface area contributed by atoms with Gasteiger partial charge in [0, 0.05) is 29.5 Å². The first-order valence-electron chi connectivity index (χ1n) is 12.0. The van der Waals surface area contributed by atoms with Crippen molar-refractivity contribution < 1.29 is 4.79 Å². The van der Waals surface area contributed by atoms with Crippen LogP contribution in [0.1, 0.15) is 55.5 Å². The summed E-state index contributed by atoms with van der Waals surface area (Å²) in [5.41, 5.74) is 6.11. The maximum Gasteiger partial charge on any atom is 0.247 e. The Hall–Kier alpha value is -3.18. The minimum absolute atomic E-state index is 0.0234. The Morgan fingerprint density at radius 2 is 1.76 bits per heavy atom. The van der Waals surface area contributed by atoms with Crippen LogP contribution in [0.25, 0.3) is 29.1 Å². The Labute approximate surface area is 195 Å². The molecule has 2 N–H and O–H groups in total. The number of hydrogen-bond donors (Lipinski definition) is 2. The molecule has 2 aromatic carbocycles. The lowest BCUT2D eigenvalue weighted by Gasteiger charge is -2.26. The highest BCUT2D eigenvalue weighted by Gasteiger charge is 2.35. The molecule has 1 aromatic heterocycles. The van der Waals surface area contributed by atoms with Gasteiger partial charge in [-0.2, -0.15) is 5.10 Å².